The van der Waals surface area contributed by atoms with Gasteiger partial charge in [0.25, 0.3) is 0 Å². The molecule has 2 amide bonds. The van der Waals surface area contributed by atoms with Crippen molar-refractivity contribution in [2.45, 2.75) is 57.1 Å². The third kappa shape index (κ3) is 8.55. The van der Waals surface area contributed by atoms with Crippen molar-refractivity contribution < 1.29 is 9.59 Å². The first-order chi connectivity index (χ1) is 16.9. The average Bonchev–Trinajstić information content (AvgIpc) is 2.86. The third-order valence-corrected chi connectivity index (χ3v) is 7.39. The number of hydrogen-bond acceptors (Lipinski definition) is 3. The second-order valence-electron chi connectivity index (χ2n) is 8.78. The first-order valence-corrected chi connectivity index (χ1v) is 13.7. The predicted molar refractivity (Wildman–Crippen MR) is 148 cm³/mol. The summed E-state index contributed by atoms with van der Waals surface area (Å²) in [4.78, 5) is 30.0. The summed E-state index contributed by atoms with van der Waals surface area (Å²) in [5.74, 6) is 0.0848. The Hall–Kier alpha value is -2.57. The number of nitrogens with one attached hydrogen (secondary N) is 1. The molecule has 0 heterocycles. The molecule has 0 aliphatic rings. The van der Waals surface area contributed by atoms with Crippen LogP contribution in [0.3, 0.4) is 0 Å². The van der Waals surface area contributed by atoms with Crippen molar-refractivity contribution in [1.82, 2.24) is 10.2 Å². The Labute approximate surface area is 221 Å². The van der Waals surface area contributed by atoms with E-state index in [-0.39, 0.29) is 23.6 Å². The summed E-state index contributed by atoms with van der Waals surface area (Å²) in [7, 11) is 0. The summed E-state index contributed by atoms with van der Waals surface area (Å²) in [6.45, 7) is 6.44. The van der Waals surface area contributed by atoms with Crippen LogP contribution in [0.2, 0.25) is 0 Å². The summed E-state index contributed by atoms with van der Waals surface area (Å²) in [6, 6.07) is 25.4. The highest BCUT2D eigenvalue weighted by Gasteiger charge is 2.31. The van der Waals surface area contributed by atoms with Gasteiger partial charge >= 0.3 is 0 Å². The van der Waals surface area contributed by atoms with Gasteiger partial charge in [-0.3, -0.25) is 9.59 Å². The van der Waals surface area contributed by atoms with Crippen LogP contribution in [0.15, 0.2) is 88.2 Å². The number of amides is 2. The number of carbonyl (C=O) groups is 2. The van der Waals surface area contributed by atoms with E-state index >= 15 is 0 Å². The smallest absolute Gasteiger partial charge is 0.243 e. The number of nitrogens with zero attached hydrogens (tertiary/aromatic N) is 1. The summed E-state index contributed by atoms with van der Waals surface area (Å²) in [5, 5.41) is 3.11. The van der Waals surface area contributed by atoms with E-state index in [1.807, 2.05) is 99.6 Å². The van der Waals surface area contributed by atoms with Gasteiger partial charge in [-0.15, -0.1) is 11.8 Å². The molecule has 0 aliphatic heterocycles. The van der Waals surface area contributed by atoms with Crippen molar-refractivity contribution in [3.8, 4) is 0 Å². The number of rotatable bonds is 11. The topological polar surface area (TPSA) is 49.4 Å². The van der Waals surface area contributed by atoms with Crippen molar-refractivity contribution in [1.29, 1.82) is 0 Å². The molecule has 0 unspecified atom stereocenters. The van der Waals surface area contributed by atoms with Gasteiger partial charge in [0, 0.05) is 28.4 Å². The van der Waals surface area contributed by atoms with Crippen LogP contribution in [0.5, 0.6) is 0 Å². The lowest BCUT2D eigenvalue weighted by Crippen LogP contribution is -2.52. The summed E-state index contributed by atoms with van der Waals surface area (Å²) in [6.07, 6.45) is 1.28. The van der Waals surface area contributed by atoms with Gasteiger partial charge < -0.3 is 10.2 Å². The highest BCUT2D eigenvalue weighted by atomic mass is 79.9. The van der Waals surface area contributed by atoms with Crippen LogP contribution in [-0.4, -0.2) is 34.6 Å². The van der Waals surface area contributed by atoms with Crippen LogP contribution in [0.1, 0.15) is 37.0 Å². The maximum Gasteiger partial charge on any atom is 0.243 e. The molecule has 35 heavy (non-hydrogen) atoms. The normalized spacial score (nSPS) is 12.6. The van der Waals surface area contributed by atoms with Crippen LogP contribution < -0.4 is 5.32 Å². The number of thioether (sulfide) groups is 1. The molecule has 0 saturated carbocycles. The van der Waals surface area contributed by atoms with Gasteiger partial charge in [-0.1, -0.05) is 83.0 Å². The molecule has 0 bridgehead atoms. The van der Waals surface area contributed by atoms with Crippen molar-refractivity contribution in [3.05, 3.63) is 100 Å². The van der Waals surface area contributed by atoms with E-state index in [2.05, 4.69) is 21.2 Å². The molecule has 0 fully saturated rings. The molecule has 3 rings (SSSR count). The van der Waals surface area contributed by atoms with Crippen LogP contribution in [0.25, 0.3) is 0 Å². The first kappa shape index (κ1) is 27.0. The monoisotopic (exact) mass is 552 g/mol. The van der Waals surface area contributed by atoms with E-state index in [4.69, 9.17) is 0 Å². The van der Waals surface area contributed by atoms with Gasteiger partial charge in [-0.05, 0) is 55.7 Å². The summed E-state index contributed by atoms with van der Waals surface area (Å²) < 4.78 is 0.945. The highest BCUT2D eigenvalue weighted by Crippen LogP contribution is 2.22. The second-order valence-corrected chi connectivity index (χ2v) is 10.7. The highest BCUT2D eigenvalue weighted by molar-refractivity contribution is 9.10. The Morgan fingerprint density at radius 1 is 0.971 bits per heavy atom. The molecule has 0 aliphatic carbocycles. The molecule has 4 nitrogen and oxygen atoms in total. The zero-order valence-electron chi connectivity index (χ0n) is 20.5. The zero-order chi connectivity index (χ0) is 25.2. The van der Waals surface area contributed by atoms with E-state index in [1.165, 1.54) is 17.3 Å². The fraction of sp³-hybridized carbons (Fsp3) is 0.310. The van der Waals surface area contributed by atoms with Crippen LogP contribution in [0, 0.1) is 6.92 Å². The number of halogens is 1. The van der Waals surface area contributed by atoms with E-state index in [0.29, 0.717) is 13.0 Å². The summed E-state index contributed by atoms with van der Waals surface area (Å²) in [5.41, 5.74) is 3.18. The molecule has 3 aromatic carbocycles. The van der Waals surface area contributed by atoms with E-state index in [0.717, 1.165) is 26.9 Å². The van der Waals surface area contributed by atoms with Crippen LogP contribution in [0.4, 0.5) is 0 Å². The molecule has 0 radical (unpaired) electrons. The predicted octanol–water partition coefficient (Wildman–Crippen LogP) is 6.40. The number of carbonyl (C=O) groups excluding carboxylic acids is 2. The number of benzene rings is 3. The molecular weight excluding hydrogens is 520 g/mol. The summed E-state index contributed by atoms with van der Waals surface area (Å²) >= 11 is 5.03. The van der Waals surface area contributed by atoms with Gasteiger partial charge in [0.1, 0.15) is 6.04 Å². The third-order valence-electron chi connectivity index (χ3n) is 5.90. The van der Waals surface area contributed by atoms with Gasteiger partial charge in [-0.25, -0.2) is 0 Å². The lowest BCUT2D eigenvalue weighted by atomic mass is 10.0. The molecular formula is C29H33BrN2O2S. The van der Waals surface area contributed by atoms with Crippen LogP contribution in [-0.2, 0) is 22.6 Å². The lowest BCUT2D eigenvalue weighted by Gasteiger charge is -2.32. The fourth-order valence-corrected chi connectivity index (χ4v) is 4.92. The SMILES string of the molecule is CC[C@H](C)NC(=O)[C@@H](Cc1ccccc1)N(Cc1cccc(Br)c1)C(=O)CSc1ccc(C)cc1. The van der Waals surface area contributed by atoms with Crippen molar-refractivity contribution in [2.24, 2.45) is 0 Å². The van der Waals surface area contributed by atoms with Crippen molar-refractivity contribution >= 4 is 39.5 Å². The Morgan fingerprint density at radius 2 is 1.66 bits per heavy atom. The molecule has 0 spiro atoms. The van der Waals surface area contributed by atoms with E-state index < -0.39 is 6.04 Å². The van der Waals surface area contributed by atoms with Crippen LogP contribution >= 0.6 is 27.7 Å². The Balaban J connectivity index is 1.90. The van der Waals surface area contributed by atoms with Crippen molar-refractivity contribution in [3.63, 3.8) is 0 Å². The first-order valence-electron chi connectivity index (χ1n) is 11.9. The maximum atomic E-state index is 13.7. The number of aryl methyl sites for hydroxylation is 1. The molecule has 1 N–H and O–H groups in total. The Bertz CT molecular complexity index is 1110. The average molecular weight is 554 g/mol. The quantitative estimate of drug-likeness (QED) is 0.280. The van der Waals surface area contributed by atoms with Crippen molar-refractivity contribution in [2.75, 3.05) is 5.75 Å². The maximum absolute atomic E-state index is 13.7. The molecule has 0 saturated heterocycles. The molecule has 3 aromatic rings. The molecule has 6 heteroatoms. The van der Waals surface area contributed by atoms with E-state index in [9.17, 15) is 9.59 Å². The van der Waals surface area contributed by atoms with Gasteiger partial charge in [0.2, 0.25) is 11.8 Å². The van der Waals surface area contributed by atoms with Gasteiger partial charge in [-0.2, -0.15) is 0 Å². The number of hydrogen-bond donors (Lipinski definition) is 1. The largest absolute Gasteiger partial charge is 0.352 e. The molecule has 2 atom stereocenters. The standard InChI is InChI=1S/C29H33BrN2O2S/c1-4-22(3)31-29(34)27(18-23-9-6-5-7-10-23)32(19-24-11-8-12-25(30)17-24)28(33)20-35-26-15-13-21(2)14-16-26/h5-17,22,27H,4,18-20H2,1-3H3,(H,31,34)/t22-,27+/m0/s1. The Morgan fingerprint density at radius 3 is 2.31 bits per heavy atom. The lowest BCUT2D eigenvalue weighted by molar-refractivity contribution is -0.139. The van der Waals surface area contributed by atoms with Gasteiger partial charge in [0.05, 0.1) is 5.75 Å². The second kappa shape index (κ2) is 13.5. The minimum atomic E-state index is -0.614. The molecule has 0 aromatic heterocycles. The molecule has 184 valence electrons. The minimum absolute atomic E-state index is 0.0329. The minimum Gasteiger partial charge on any atom is -0.352 e. The fourth-order valence-electron chi connectivity index (χ4n) is 3.69. The van der Waals surface area contributed by atoms with E-state index in [1.54, 1.807) is 4.90 Å². The van der Waals surface area contributed by atoms with Gasteiger partial charge in [0.15, 0.2) is 0 Å². The zero-order valence-corrected chi connectivity index (χ0v) is 22.9. The Kier molecular flexibility index (Phi) is 10.4.